The Kier molecular flexibility index (Phi) is 3.68. The van der Waals surface area contributed by atoms with E-state index in [4.69, 9.17) is 4.55 Å². The Bertz CT molecular complexity index is 172. The van der Waals surface area contributed by atoms with Gasteiger partial charge in [0.15, 0.2) is 0 Å². The summed E-state index contributed by atoms with van der Waals surface area (Å²) in [6, 6.07) is 0. The van der Waals surface area contributed by atoms with E-state index in [1.165, 1.54) is 0 Å². The average molecular weight is 160 g/mol. The van der Waals surface area contributed by atoms with E-state index < -0.39 is 12.6 Å². The maximum absolute atomic E-state index is 10.4. The van der Waals surface area contributed by atoms with Gasteiger partial charge in [-0.1, -0.05) is 0 Å². The van der Waals surface area contributed by atoms with Crippen molar-refractivity contribution in [2.75, 3.05) is 0 Å². The van der Waals surface area contributed by atoms with Crippen LogP contribution in [0, 0.1) is 5.92 Å². The summed E-state index contributed by atoms with van der Waals surface area (Å²) in [6.07, 6.45) is 0. The monoisotopic (exact) mass is 160 g/mol. The molecule has 1 atom stereocenters. The van der Waals surface area contributed by atoms with Gasteiger partial charge in [0.25, 0.3) is 0 Å². The Balaban J connectivity index is 4.24. The fraction of sp³-hybridized carbons (Fsp3) is 1.00. The van der Waals surface area contributed by atoms with E-state index in [0.717, 1.165) is 0 Å². The van der Waals surface area contributed by atoms with Crippen LogP contribution >= 0.6 is 0 Å². The topological polar surface area (TPSA) is 54.4 Å². The summed E-state index contributed by atoms with van der Waals surface area (Å²) in [6.45, 7) is 3.57. The van der Waals surface area contributed by atoms with E-state index in [-0.39, 0.29) is 5.92 Å². The van der Waals surface area contributed by atoms with Gasteiger partial charge in [-0.25, -0.2) is 0 Å². The molecule has 1 unspecified atom stereocenters. The van der Waals surface area contributed by atoms with Crippen LogP contribution in [0.3, 0.4) is 0 Å². The summed E-state index contributed by atoms with van der Waals surface area (Å²) in [4.78, 5) is 0. The van der Waals surface area contributed by atoms with Gasteiger partial charge in [0.1, 0.15) is 0 Å². The molecule has 0 heterocycles. The molecule has 0 saturated heterocycles. The van der Waals surface area contributed by atoms with Crippen molar-refractivity contribution in [1.82, 2.24) is 0 Å². The molecule has 0 fully saturated rings. The number of hydrogen-bond donors (Lipinski definition) is 1. The first-order chi connectivity index (χ1) is 3.85. The molecule has 0 bridgehead atoms. The van der Waals surface area contributed by atoms with Gasteiger partial charge in [-0.3, -0.25) is 0 Å². The van der Waals surface area contributed by atoms with E-state index in [0.29, 0.717) is 27.9 Å². The third-order valence-electron chi connectivity index (χ3n) is 1.41. The molecule has 50 valence electrons. The normalized spacial score (nSPS) is 16.2. The Morgan fingerprint density at radius 2 is 1.78 bits per heavy atom. The molecule has 3 nitrogen and oxygen atoms in total. The van der Waals surface area contributed by atoms with Gasteiger partial charge in [0.2, 0.25) is 0 Å². The van der Waals surface area contributed by atoms with E-state index >= 15 is 0 Å². The Morgan fingerprint density at radius 3 is 1.78 bits per heavy atom. The first-order valence-electron chi connectivity index (χ1n) is 2.82. The molecule has 1 N–H and O–H groups in total. The summed E-state index contributed by atoms with van der Waals surface area (Å²) in [5, 5.41) is 0. The Labute approximate surface area is 73.0 Å². The predicted molar refractivity (Wildman–Crippen MR) is 35.9 cm³/mol. The molecular weight excluding hydrogens is 151 g/mol. The van der Waals surface area contributed by atoms with Gasteiger partial charge in [0, 0.05) is 0 Å². The fourth-order valence-corrected chi connectivity index (χ4v) is 1.03. The van der Waals surface area contributed by atoms with Gasteiger partial charge in [-0.2, -0.15) is 0 Å². The molecule has 0 aliphatic carbocycles. The van der Waals surface area contributed by atoms with Crippen LogP contribution in [0.1, 0.15) is 13.8 Å². The number of rotatable bonds is 2. The van der Waals surface area contributed by atoms with Crippen molar-refractivity contribution in [2.45, 2.75) is 16.3 Å². The summed E-state index contributed by atoms with van der Waals surface area (Å²) in [7, 11) is -3.74. The van der Waals surface area contributed by atoms with Crippen LogP contribution < -0.4 is 0 Å². The Hall–Kier alpha value is 0.910. The summed E-state index contributed by atoms with van der Waals surface area (Å²) in [5.41, 5.74) is 0. The average Bonchev–Trinajstić information content (AvgIpc) is 1.62. The van der Waals surface area contributed by atoms with Crippen LogP contribution in [-0.4, -0.2) is 43.4 Å². The zero-order chi connectivity index (χ0) is 7.65. The van der Waals surface area contributed by atoms with Crippen LogP contribution in [0.2, 0.25) is 0 Å². The summed E-state index contributed by atoms with van der Waals surface area (Å²) in [5.74, 6) is 0.0340. The first kappa shape index (κ1) is 9.91. The quantitative estimate of drug-likeness (QED) is 0.458. The number of hydrogen-bond acceptors (Lipinski definition) is 2. The Morgan fingerprint density at radius 1 is 1.44 bits per heavy atom. The first-order valence-corrected chi connectivity index (χ1v) is 5.47. The van der Waals surface area contributed by atoms with Gasteiger partial charge in [-0.15, -0.1) is 0 Å². The zero-order valence-corrected chi connectivity index (χ0v) is 8.64. The molecule has 0 rings (SSSR count). The third-order valence-corrected chi connectivity index (χ3v) is 6.01. The van der Waals surface area contributed by atoms with Gasteiger partial charge in [-0.05, 0) is 0 Å². The second-order valence-electron chi connectivity index (χ2n) is 2.46. The molecule has 0 aromatic heterocycles. The molecule has 0 aromatic rings. The second-order valence-corrected chi connectivity index (χ2v) is 6.32. The van der Waals surface area contributed by atoms with Crippen molar-refractivity contribution in [1.29, 1.82) is 0 Å². The van der Waals surface area contributed by atoms with E-state index in [2.05, 4.69) is 0 Å². The van der Waals surface area contributed by atoms with E-state index in [9.17, 15) is 8.42 Å². The van der Waals surface area contributed by atoms with Gasteiger partial charge in [0.05, 0.1) is 0 Å². The molecule has 5 heteroatoms. The van der Waals surface area contributed by atoms with Crippen LogP contribution in [-0.2, 0) is 10.1 Å². The molecule has 0 aromatic carbocycles. The van der Waals surface area contributed by atoms with Crippen LogP contribution in [0.15, 0.2) is 0 Å². The van der Waals surface area contributed by atoms with Crippen molar-refractivity contribution in [3.8, 4) is 0 Å². The zero-order valence-electron chi connectivity index (χ0n) is 5.83. The molecule has 9 heavy (non-hydrogen) atoms. The fourth-order valence-electron chi connectivity index (χ4n) is 0.344. The minimum absolute atomic E-state index is 0.0340. The van der Waals surface area contributed by atoms with Gasteiger partial charge < -0.3 is 0 Å². The molecule has 0 amide bonds. The van der Waals surface area contributed by atoms with Gasteiger partial charge >= 0.3 is 73.3 Å². The SMILES string of the molecule is CC(C)[CH]([Na])S(=O)(=O)O. The molecule has 0 aliphatic rings. The van der Waals surface area contributed by atoms with Crippen molar-refractivity contribution < 1.29 is 13.0 Å². The molecule has 0 saturated carbocycles. The van der Waals surface area contributed by atoms with Crippen molar-refractivity contribution in [3.63, 3.8) is 0 Å². The standard InChI is InChI=1S/C4H9O3S.Na/c1-4(2)3-8(5,6)7;/h3-4H,1-2H3,(H,5,6,7);. The summed E-state index contributed by atoms with van der Waals surface area (Å²) >= 11 is 0.495. The predicted octanol–water partition coefficient (Wildman–Crippen LogP) is 0.0248. The second kappa shape index (κ2) is 3.34. The third kappa shape index (κ3) is 3.57. The summed E-state index contributed by atoms with van der Waals surface area (Å²) < 4.78 is 28.7. The molecular formula is C4H9NaO3S. The van der Waals surface area contributed by atoms with Crippen molar-refractivity contribution in [2.24, 2.45) is 5.92 Å². The van der Waals surface area contributed by atoms with E-state index in [1.54, 1.807) is 13.8 Å². The van der Waals surface area contributed by atoms with Crippen LogP contribution in [0.4, 0.5) is 0 Å². The molecule has 0 spiro atoms. The maximum atomic E-state index is 10.4. The van der Waals surface area contributed by atoms with Crippen LogP contribution in [0.25, 0.3) is 0 Å². The van der Waals surface area contributed by atoms with Crippen LogP contribution in [0.5, 0.6) is 0 Å². The van der Waals surface area contributed by atoms with Crippen molar-refractivity contribution >= 4 is 38.0 Å². The molecule has 0 radical (unpaired) electrons. The minimum atomic E-state index is -3.74. The van der Waals surface area contributed by atoms with Crippen molar-refractivity contribution in [3.05, 3.63) is 0 Å². The van der Waals surface area contributed by atoms with E-state index in [1.807, 2.05) is 0 Å². The molecule has 0 aliphatic heterocycles.